The maximum atomic E-state index is 11.9. The highest BCUT2D eigenvalue weighted by Crippen LogP contribution is 2.24. The van der Waals surface area contributed by atoms with Gasteiger partial charge in [0.15, 0.2) is 0 Å². The molecule has 1 amide bonds. The highest BCUT2D eigenvalue weighted by atomic mass is 35.5. The van der Waals surface area contributed by atoms with Crippen molar-refractivity contribution >= 4 is 34.5 Å². The maximum Gasteiger partial charge on any atom is 0.224 e. The van der Waals surface area contributed by atoms with Gasteiger partial charge in [0.25, 0.3) is 0 Å². The van der Waals surface area contributed by atoms with Crippen molar-refractivity contribution < 1.29 is 14.6 Å². The Morgan fingerprint density at radius 3 is 2.81 bits per heavy atom. The number of rotatable bonds is 6. The number of halogens is 1. The molecule has 0 saturated heterocycles. The molecule has 1 aromatic carbocycles. The van der Waals surface area contributed by atoms with E-state index in [4.69, 9.17) is 16.3 Å². The molecule has 0 unspecified atom stereocenters. The fraction of sp³-hybridized carbons (Fsp3) is 0.267. The van der Waals surface area contributed by atoms with E-state index in [9.17, 15) is 9.90 Å². The minimum Gasteiger partial charge on any atom is -0.496 e. The van der Waals surface area contributed by atoms with Gasteiger partial charge >= 0.3 is 0 Å². The van der Waals surface area contributed by atoms with E-state index in [-0.39, 0.29) is 12.5 Å². The first-order chi connectivity index (χ1) is 10.1. The molecular formula is C15H16ClNO3S. The highest BCUT2D eigenvalue weighted by molar-refractivity contribution is 7.16. The van der Waals surface area contributed by atoms with Gasteiger partial charge in [0, 0.05) is 22.5 Å². The number of aliphatic hydroxyl groups excluding tert-OH is 1. The first-order valence-electron chi connectivity index (χ1n) is 6.44. The zero-order chi connectivity index (χ0) is 15.2. The number of hydrogen-bond donors (Lipinski definition) is 2. The van der Waals surface area contributed by atoms with Gasteiger partial charge in [0.2, 0.25) is 5.91 Å². The van der Waals surface area contributed by atoms with Gasteiger partial charge in [-0.1, -0.05) is 11.6 Å². The highest BCUT2D eigenvalue weighted by Gasteiger charge is 2.08. The van der Waals surface area contributed by atoms with Gasteiger partial charge in [-0.25, -0.2) is 0 Å². The molecule has 4 nitrogen and oxygen atoms in total. The quantitative estimate of drug-likeness (QED) is 0.855. The Balaban J connectivity index is 1.93. The molecule has 0 aliphatic heterocycles. The van der Waals surface area contributed by atoms with Gasteiger partial charge in [-0.3, -0.25) is 4.79 Å². The minimum atomic E-state index is -0.138. The second kappa shape index (κ2) is 7.45. The Labute approximate surface area is 132 Å². The van der Waals surface area contributed by atoms with E-state index in [1.54, 1.807) is 25.3 Å². The van der Waals surface area contributed by atoms with Crippen molar-refractivity contribution in [1.29, 1.82) is 0 Å². The lowest BCUT2D eigenvalue weighted by Crippen LogP contribution is -2.12. The van der Waals surface area contributed by atoms with E-state index in [1.165, 1.54) is 11.3 Å². The summed E-state index contributed by atoms with van der Waals surface area (Å²) < 4.78 is 5.85. The third-order valence-corrected chi connectivity index (χ3v) is 4.25. The number of aliphatic hydroxyl groups is 1. The van der Waals surface area contributed by atoms with E-state index in [1.807, 2.05) is 12.1 Å². The van der Waals surface area contributed by atoms with Crippen molar-refractivity contribution in [3.05, 3.63) is 45.1 Å². The van der Waals surface area contributed by atoms with Gasteiger partial charge < -0.3 is 15.2 Å². The molecule has 0 radical (unpaired) electrons. The molecule has 0 saturated carbocycles. The average molecular weight is 326 g/mol. The van der Waals surface area contributed by atoms with Crippen LogP contribution in [0, 0.1) is 0 Å². The fourth-order valence-electron chi connectivity index (χ4n) is 1.93. The number of methoxy groups -OCH3 is 1. The van der Waals surface area contributed by atoms with Crippen LogP contribution in [0.2, 0.25) is 4.34 Å². The number of nitrogens with one attached hydrogen (secondary N) is 1. The van der Waals surface area contributed by atoms with Crippen molar-refractivity contribution in [3.8, 4) is 5.75 Å². The lowest BCUT2D eigenvalue weighted by Gasteiger charge is -2.10. The molecule has 0 atom stereocenters. The third-order valence-electron chi connectivity index (χ3n) is 2.96. The molecule has 2 rings (SSSR count). The van der Waals surface area contributed by atoms with Gasteiger partial charge in [0.1, 0.15) is 5.75 Å². The van der Waals surface area contributed by atoms with Crippen LogP contribution in [0.5, 0.6) is 5.75 Å². The average Bonchev–Trinajstić information content (AvgIpc) is 2.90. The van der Waals surface area contributed by atoms with Gasteiger partial charge in [-0.05, 0) is 36.8 Å². The zero-order valence-electron chi connectivity index (χ0n) is 11.6. The predicted octanol–water partition coefficient (Wildman–Crippen LogP) is 3.47. The van der Waals surface area contributed by atoms with Gasteiger partial charge in [0.05, 0.1) is 18.1 Å². The minimum absolute atomic E-state index is 0.0754. The van der Waals surface area contributed by atoms with Crippen LogP contribution >= 0.6 is 22.9 Å². The topological polar surface area (TPSA) is 58.6 Å². The lowest BCUT2D eigenvalue weighted by molar-refractivity contribution is -0.116. The molecule has 0 fully saturated rings. The van der Waals surface area contributed by atoms with Crippen LogP contribution in [0.25, 0.3) is 0 Å². The van der Waals surface area contributed by atoms with Crippen molar-refractivity contribution in [2.24, 2.45) is 0 Å². The Morgan fingerprint density at radius 2 is 2.19 bits per heavy atom. The van der Waals surface area contributed by atoms with E-state index in [0.29, 0.717) is 29.8 Å². The number of hydrogen-bond acceptors (Lipinski definition) is 4. The van der Waals surface area contributed by atoms with Crippen molar-refractivity contribution in [2.75, 3.05) is 12.4 Å². The fourth-order valence-corrected chi connectivity index (χ4v) is 3.01. The summed E-state index contributed by atoms with van der Waals surface area (Å²) in [6.45, 7) is -0.138. The SMILES string of the molecule is COc1ccc(NC(=O)CCc2ccc(Cl)s2)cc1CO. The summed E-state index contributed by atoms with van der Waals surface area (Å²) in [5, 5.41) is 12.1. The lowest BCUT2D eigenvalue weighted by atomic mass is 10.1. The zero-order valence-corrected chi connectivity index (χ0v) is 13.1. The Kier molecular flexibility index (Phi) is 5.61. The van der Waals surface area contributed by atoms with Crippen LogP contribution in [0.15, 0.2) is 30.3 Å². The maximum absolute atomic E-state index is 11.9. The molecule has 0 aliphatic carbocycles. The van der Waals surface area contributed by atoms with Gasteiger partial charge in [-0.15, -0.1) is 11.3 Å². The Morgan fingerprint density at radius 1 is 1.38 bits per heavy atom. The molecule has 21 heavy (non-hydrogen) atoms. The second-order valence-corrected chi connectivity index (χ2v) is 6.24. The van der Waals surface area contributed by atoms with Crippen LogP contribution in [0.4, 0.5) is 5.69 Å². The van der Waals surface area contributed by atoms with E-state index >= 15 is 0 Å². The normalized spacial score (nSPS) is 10.4. The van der Waals surface area contributed by atoms with E-state index < -0.39 is 0 Å². The summed E-state index contributed by atoms with van der Waals surface area (Å²) in [5.74, 6) is 0.525. The number of anilines is 1. The summed E-state index contributed by atoms with van der Waals surface area (Å²) in [5.41, 5.74) is 1.29. The van der Waals surface area contributed by atoms with Crippen LogP contribution in [-0.4, -0.2) is 18.1 Å². The molecule has 0 spiro atoms. The number of ether oxygens (including phenoxy) is 1. The first-order valence-corrected chi connectivity index (χ1v) is 7.63. The summed E-state index contributed by atoms with van der Waals surface area (Å²) in [7, 11) is 1.54. The summed E-state index contributed by atoms with van der Waals surface area (Å²) in [6, 6.07) is 8.94. The summed E-state index contributed by atoms with van der Waals surface area (Å²) in [4.78, 5) is 13.0. The molecule has 6 heteroatoms. The number of benzene rings is 1. The number of carbonyl (C=O) groups is 1. The summed E-state index contributed by atoms with van der Waals surface area (Å²) in [6.07, 6.45) is 1.05. The molecule has 0 bridgehead atoms. The Hall–Kier alpha value is -1.56. The number of aryl methyl sites for hydroxylation is 1. The number of thiophene rings is 1. The first kappa shape index (κ1) is 15.8. The standard InChI is InChI=1S/C15H16ClNO3S/c1-20-13-5-2-11(8-10(13)9-18)17-15(19)7-4-12-3-6-14(16)21-12/h2-3,5-6,8,18H,4,7,9H2,1H3,(H,17,19). The predicted molar refractivity (Wildman–Crippen MR) is 85.2 cm³/mol. The van der Waals surface area contributed by atoms with Crippen LogP contribution in [-0.2, 0) is 17.8 Å². The molecular weight excluding hydrogens is 310 g/mol. The van der Waals surface area contributed by atoms with Gasteiger partial charge in [-0.2, -0.15) is 0 Å². The molecule has 1 heterocycles. The molecule has 2 aromatic rings. The van der Waals surface area contributed by atoms with E-state index in [0.717, 1.165) is 9.21 Å². The monoisotopic (exact) mass is 325 g/mol. The van der Waals surface area contributed by atoms with Crippen molar-refractivity contribution in [3.63, 3.8) is 0 Å². The molecule has 2 N–H and O–H groups in total. The summed E-state index contributed by atoms with van der Waals surface area (Å²) >= 11 is 7.33. The number of carbonyl (C=O) groups excluding carboxylic acids is 1. The van der Waals surface area contributed by atoms with Crippen LogP contribution in [0.3, 0.4) is 0 Å². The van der Waals surface area contributed by atoms with E-state index in [2.05, 4.69) is 5.32 Å². The second-order valence-electron chi connectivity index (χ2n) is 4.44. The van der Waals surface area contributed by atoms with Crippen LogP contribution < -0.4 is 10.1 Å². The largest absolute Gasteiger partial charge is 0.496 e. The molecule has 1 aromatic heterocycles. The van der Waals surface area contributed by atoms with Crippen LogP contribution in [0.1, 0.15) is 16.9 Å². The third kappa shape index (κ3) is 4.46. The van der Waals surface area contributed by atoms with Crippen molar-refractivity contribution in [1.82, 2.24) is 0 Å². The molecule has 0 aliphatic rings. The number of amides is 1. The van der Waals surface area contributed by atoms with Crippen molar-refractivity contribution in [2.45, 2.75) is 19.4 Å². The smallest absolute Gasteiger partial charge is 0.224 e. The molecule has 112 valence electrons. The Bertz CT molecular complexity index is 627.